The molecular weight excluding hydrogens is 609 g/mol. The maximum Gasteiger partial charge on any atom is 0.338 e. The maximum absolute atomic E-state index is 13.4. The predicted octanol–water partition coefficient (Wildman–Crippen LogP) is 13.7. The fraction of sp³-hybridized carbons (Fsp3) is 0.521. The highest BCUT2D eigenvalue weighted by Crippen LogP contribution is 2.43. The third-order valence-corrected chi connectivity index (χ3v) is 11.6. The first-order valence-corrected chi connectivity index (χ1v) is 20.4. The van der Waals surface area contributed by atoms with Gasteiger partial charge in [0.15, 0.2) is 0 Å². The maximum atomic E-state index is 13.4. The summed E-state index contributed by atoms with van der Waals surface area (Å²) in [4.78, 5) is 13.4. The Morgan fingerprint density at radius 3 is 1.14 bits per heavy atom. The first-order valence-electron chi connectivity index (χ1n) is 20.4. The minimum absolute atomic E-state index is 0.201. The number of benzene rings is 5. The van der Waals surface area contributed by atoms with Crippen molar-refractivity contribution in [2.45, 2.75) is 158 Å². The molecule has 0 radical (unpaired) electrons. The number of aryl methyl sites for hydroxylation is 6. The molecule has 2 heteroatoms. The van der Waals surface area contributed by atoms with E-state index in [1.807, 2.05) is 0 Å². The van der Waals surface area contributed by atoms with E-state index in [0.29, 0.717) is 0 Å². The van der Waals surface area contributed by atoms with E-state index in [-0.39, 0.29) is 5.97 Å². The monoisotopic (exact) mass is 672 g/mol. The van der Waals surface area contributed by atoms with Crippen molar-refractivity contribution < 1.29 is 9.53 Å². The fourth-order valence-corrected chi connectivity index (χ4v) is 9.07. The van der Waals surface area contributed by atoms with Crippen molar-refractivity contribution in [2.75, 3.05) is 7.11 Å². The first kappa shape index (κ1) is 37.9. The number of fused-ring (bicyclic) bond motifs is 4. The van der Waals surface area contributed by atoms with Gasteiger partial charge in [-0.05, 0) is 195 Å². The normalized spacial score (nSPS) is 11.9. The lowest BCUT2D eigenvalue weighted by molar-refractivity contribution is 0.0599. The molecule has 0 saturated carbocycles. The van der Waals surface area contributed by atoms with Gasteiger partial charge in [-0.25, -0.2) is 4.79 Å². The Kier molecular flexibility index (Phi) is 13.0. The van der Waals surface area contributed by atoms with Crippen LogP contribution in [0.3, 0.4) is 0 Å². The first-order chi connectivity index (χ1) is 24.4. The quantitative estimate of drug-likeness (QED) is 0.0726. The number of hydrogen-bond donors (Lipinski definition) is 0. The van der Waals surface area contributed by atoms with Crippen LogP contribution in [0.15, 0.2) is 30.3 Å². The van der Waals surface area contributed by atoms with Gasteiger partial charge < -0.3 is 4.74 Å². The van der Waals surface area contributed by atoms with E-state index >= 15 is 0 Å². The van der Waals surface area contributed by atoms with Gasteiger partial charge in [-0.2, -0.15) is 0 Å². The zero-order chi connectivity index (χ0) is 35.9. The molecule has 0 unspecified atom stereocenters. The lowest BCUT2D eigenvalue weighted by atomic mass is 9.80. The SMILES string of the molecule is CCCCc1cc(C(=O)OC)c(CCCC)c2cc3c(CCCC)c4cc5c(CC)c(CC)c(CC)c(CC)c5cc4c(CCCC)c3cc12. The van der Waals surface area contributed by atoms with Gasteiger partial charge in [-0.3, -0.25) is 0 Å². The summed E-state index contributed by atoms with van der Waals surface area (Å²) in [6, 6.07) is 12.5. The average Bonchev–Trinajstić information content (AvgIpc) is 3.14. The van der Waals surface area contributed by atoms with Gasteiger partial charge in [0.2, 0.25) is 0 Å². The number of ether oxygens (including phenoxy) is 1. The van der Waals surface area contributed by atoms with Crippen LogP contribution in [0.1, 0.15) is 162 Å². The predicted molar refractivity (Wildman–Crippen MR) is 220 cm³/mol. The molecule has 0 aliphatic rings. The molecule has 50 heavy (non-hydrogen) atoms. The van der Waals surface area contributed by atoms with Crippen LogP contribution in [-0.4, -0.2) is 13.1 Å². The van der Waals surface area contributed by atoms with E-state index in [1.54, 1.807) is 22.3 Å². The summed E-state index contributed by atoms with van der Waals surface area (Å²) < 4.78 is 5.43. The zero-order valence-electron chi connectivity index (χ0n) is 33.0. The van der Waals surface area contributed by atoms with Gasteiger partial charge in [-0.1, -0.05) is 81.1 Å². The molecule has 0 aliphatic heterocycles. The molecular formula is C48H64O2. The minimum atomic E-state index is -0.201. The highest BCUT2D eigenvalue weighted by atomic mass is 16.5. The van der Waals surface area contributed by atoms with E-state index in [4.69, 9.17) is 4.74 Å². The van der Waals surface area contributed by atoms with Crippen molar-refractivity contribution in [3.8, 4) is 0 Å². The van der Waals surface area contributed by atoms with Crippen LogP contribution in [0.4, 0.5) is 0 Å². The highest BCUT2D eigenvalue weighted by molar-refractivity contribution is 6.15. The molecule has 0 heterocycles. The molecule has 2 nitrogen and oxygen atoms in total. The molecule has 0 spiro atoms. The summed E-state index contributed by atoms with van der Waals surface area (Å²) >= 11 is 0. The summed E-state index contributed by atoms with van der Waals surface area (Å²) in [6.07, 6.45) is 17.4. The molecule has 0 atom stereocenters. The second kappa shape index (κ2) is 17.2. The molecule has 5 aromatic rings. The van der Waals surface area contributed by atoms with Gasteiger partial charge >= 0.3 is 5.97 Å². The fourth-order valence-electron chi connectivity index (χ4n) is 9.07. The van der Waals surface area contributed by atoms with Gasteiger partial charge in [0.1, 0.15) is 0 Å². The lowest BCUT2D eigenvalue weighted by Crippen LogP contribution is -2.09. The second-order valence-electron chi connectivity index (χ2n) is 14.6. The van der Waals surface area contributed by atoms with E-state index in [2.05, 4.69) is 85.7 Å². The average molecular weight is 673 g/mol. The number of carbonyl (C=O) groups is 1. The summed E-state index contributed by atoms with van der Waals surface area (Å²) in [6.45, 7) is 18.6. The van der Waals surface area contributed by atoms with Crippen molar-refractivity contribution in [2.24, 2.45) is 0 Å². The molecule has 5 rings (SSSR count). The topological polar surface area (TPSA) is 26.3 Å². The van der Waals surface area contributed by atoms with Crippen molar-refractivity contribution >= 4 is 49.1 Å². The Morgan fingerprint density at radius 1 is 0.420 bits per heavy atom. The standard InChI is InChI=1S/C48H64O2/c1-10-18-22-31-26-47(48(49)50-9)38(25-21-13-4)42-30-46-37(24-20-12-3)45-29-41-35(17-8)33(15-6)32(14-5)34(16-7)40(41)28-44(45)36(23-19-11-2)43(46)27-39(31)42/h26-30H,10-25H2,1-9H3. The van der Waals surface area contributed by atoms with E-state index in [9.17, 15) is 4.79 Å². The summed E-state index contributed by atoms with van der Waals surface area (Å²) in [5, 5.41) is 11.3. The Balaban J connectivity index is 2.06. The molecule has 0 N–H and O–H groups in total. The smallest absolute Gasteiger partial charge is 0.338 e. The number of rotatable bonds is 17. The van der Waals surface area contributed by atoms with Crippen LogP contribution in [0.2, 0.25) is 0 Å². The van der Waals surface area contributed by atoms with E-state index in [1.165, 1.54) is 85.3 Å². The molecule has 0 aromatic heterocycles. The third-order valence-electron chi connectivity index (χ3n) is 11.6. The van der Waals surface area contributed by atoms with Gasteiger partial charge in [0.05, 0.1) is 12.7 Å². The van der Waals surface area contributed by atoms with Crippen LogP contribution in [0.5, 0.6) is 0 Å². The van der Waals surface area contributed by atoms with E-state index in [0.717, 1.165) is 95.5 Å². The molecule has 0 aliphatic carbocycles. The summed E-state index contributed by atoms with van der Waals surface area (Å²) in [7, 11) is 1.53. The Morgan fingerprint density at radius 2 is 0.760 bits per heavy atom. The molecule has 0 saturated heterocycles. The second-order valence-corrected chi connectivity index (χ2v) is 14.6. The van der Waals surface area contributed by atoms with Crippen molar-refractivity contribution in [1.29, 1.82) is 0 Å². The van der Waals surface area contributed by atoms with E-state index < -0.39 is 0 Å². The van der Waals surface area contributed by atoms with Crippen LogP contribution in [0.25, 0.3) is 43.1 Å². The lowest BCUT2D eigenvalue weighted by Gasteiger charge is -2.24. The largest absolute Gasteiger partial charge is 0.465 e. The Hall–Kier alpha value is -3.39. The molecule has 268 valence electrons. The number of hydrogen-bond acceptors (Lipinski definition) is 2. The number of carbonyl (C=O) groups excluding carboxylic acids is 1. The molecule has 0 bridgehead atoms. The minimum Gasteiger partial charge on any atom is -0.465 e. The molecule has 5 aromatic carbocycles. The number of methoxy groups -OCH3 is 1. The summed E-state index contributed by atoms with van der Waals surface area (Å²) in [5.41, 5.74) is 12.5. The number of esters is 1. The molecule has 0 fully saturated rings. The van der Waals surface area contributed by atoms with Crippen molar-refractivity contribution in [1.82, 2.24) is 0 Å². The van der Waals surface area contributed by atoms with Crippen LogP contribution in [-0.2, 0) is 56.1 Å². The molecule has 0 amide bonds. The van der Waals surface area contributed by atoms with Crippen LogP contribution in [0, 0.1) is 0 Å². The van der Waals surface area contributed by atoms with Crippen LogP contribution < -0.4 is 0 Å². The van der Waals surface area contributed by atoms with Gasteiger partial charge in [0, 0.05) is 0 Å². The van der Waals surface area contributed by atoms with Crippen molar-refractivity contribution in [3.63, 3.8) is 0 Å². The Labute approximate surface area is 303 Å². The number of unbranched alkanes of at least 4 members (excludes halogenated alkanes) is 4. The van der Waals surface area contributed by atoms with Crippen LogP contribution >= 0.6 is 0 Å². The van der Waals surface area contributed by atoms with Gasteiger partial charge in [-0.15, -0.1) is 0 Å². The van der Waals surface area contributed by atoms with Crippen molar-refractivity contribution in [3.05, 3.63) is 80.4 Å². The zero-order valence-corrected chi connectivity index (χ0v) is 33.0. The third kappa shape index (κ3) is 6.93. The summed E-state index contributed by atoms with van der Waals surface area (Å²) in [5.74, 6) is -0.201. The highest BCUT2D eigenvalue weighted by Gasteiger charge is 2.23. The Bertz CT molecular complexity index is 1990. The van der Waals surface area contributed by atoms with Gasteiger partial charge in [0.25, 0.3) is 0 Å².